The van der Waals surface area contributed by atoms with Gasteiger partial charge in [-0.1, -0.05) is 35.9 Å². The lowest BCUT2D eigenvalue weighted by Crippen LogP contribution is -2.47. The van der Waals surface area contributed by atoms with E-state index in [1.54, 1.807) is 0 Å². The molecule has 0 amide bonds. The molecule has 0 saturated carbocycles. The predicted molar refractivity (Wildman–Crippen MR) is 146 cm³/mol. The van der Waals surface area contributed by atoms with Crippen LogP contribution in [0.25, 0.3) is 16.6 Å². The Labute approximate surface area is 216 Å². The number of piperazine rings is 1. The molecule has 2 N–H and O–H groups in total. The van der Waals surface area contributed by atoms with Crippen LogP contribution in [-0.2, 0) is 12.6 Å². The molecule has 4 aromatic heterocycles. The van der Waals surface area contributed by atoms with Crippen LogP contribution in [0, 0.1) is 6.92 Å². The summed E-state index contributed by atoms with van der Waals surface area (Å²) in [7, 11) is 1.92. The zero-order valence-corrected chi connectivity index (χ0v) is 21.4. The second-order valence-corrected chi connectivity index (χ2v) is 9.99. The van der Waals surface area contributed by atoms with E-state index in [1.807, 2.05) is 54.2 Å². The molecule has 0 aliphatic carbocycles. The van der Waals surface area contributed by atoms with Crippen molar-refractivity contribution in [3.63, 3.8) is 0 Å². The highest BCUT2D eigenvalue weighted by molar-refractivity contribution is 5.75. The topological polar surface area (TPSA) is 93.4 Å². The van der Waals surface area contributed by atoms with Crippen LogP contribution >= 0.6 is 0 Å². The molecule has 1 aliphatic rings. The second-order valence-electron chi connectivity index (χ2n) is 9.99. The summed E-state index contributed by atoms with van der Waals surface area (Å²) in [4.78, 5) is 14.0. The molecule has 1 aromatic carbocycles. The van der Waals surface area contributed by atoms with Crippen LogP contribution in [0.2, 0.25) is 0 Å². The lowest BCUT2D eigenvalue weighted by Gasteiger charge is -2.35. The summed E-state index contributed by atoms with van der Waals surface area (Å²) in [6, 6.07) is 12.6. The molecule has 9 nitrogen and oxygen atoms in total. The Hall–Kier alpha value is -4.24. The molecule has 1 atom stereocenters. The Balaban J connectivity index is 1.14. The summed E-state index contributed by atoms with van der Waals surface area (Å²) < 4.78 is 3.76. The fraction of sp³-hybridized carbons (Fsp3) is 0.286. The molecule has 6 rings (SSSR count). The second kappa shape index (κ2) is 9.01. The molecule has 5 aromatic rings. The molecule has 1 unspecified atom stereocenters. The number of aryl methyl sites for hydroxylation is 2. The Morgan fingerprint density at radius 3 is 2.14 bits per heavy atom. The Morgan fingerprint density at radius 2 is 1.46 bits per heavy atom. The third-order valence-electron chi connectivity index (χ3n) is 7.33. The Morgan fingerprint density at radius 1 is 0.757 bits per heavy atom. The number of hydrogen-bond acceptors (Lipinski definition) is 7. The maximum atomic E-state index is 6.69. The van der Waals surface area contributed by atoms with E-state index in [0.29, 0.717) is 0 Å². The maximum Gasteiger partial charge on any atom is 0.225 e. The predicted octanol–water partition coefficient (Wildman–Crippen LogP) is 3.38. The van der Waals surface area contributed by atoms with Gasteiger partial charge in [0.05, 0.1) is 29.1 Å². The molecule has 0 bridgehead atoms. The van der Waals surface area contributed by atoms with Gasteiger partial charge in [0, 0.05) is 74.7 Å². The number of fused-ring (bicyclic) bond motifs is 1. The van der Waals surface area contributed by atoms with Crippen molar-refractivity contribution in [2.24, 2.45) is 12.8 Å². The van der Waals surface area contributed by atoms with Gasteiger partial charge in [-0.15, -0.1) is 0 Å². The van der Waals surface area contributed by atoms with Gasteiger partial charge in [-0.2, -0.15) is 10.2 Å². The largest absolute Gasteiger partial charge is 0.365 e. The van der Waals surface area contributed by atoms with E-state index in [9.17, 15) is 0 Å². The van der Waals surface area contributed by atoms with Crippen molar-refractivity contribution in [2.45, 2.75) is 19.4 Å². The Bertz CT molecular complexity index is 1520. The summed E-state index contributed by atoms with van der Waals surface area (Å²) in [5.74, 6) is 0.740. The number of anilines is 2. The van der Waals surface area contributed by atoms with Crippen LogP contribution in [0.1, 0.15) is 23.6 Å². The smallest absolute Gasteiger partial charge is 0.225 e. The number of hydrogen-bond donors (Lipinski definition) is 1. The molecular weight excluding hydrogens is 462 g/mol. The molecule has 0 radical (unpaired) electrons. The molecule has 37 heavy (non-hydrogen) atoms. The van der Waals surface area contributed by atoms with Crippen molar-refractivity contribution >= 4 is 17.2 Å². The molecule has 0 spiro atoms. The van der Waals surface area contributed by atoms with E-state index in [-0.39, 0.29) is 0 Å². The highest BCUT2D eigenvalue weighted by atomic mass is 15.3. The minimum absolute atomic E-state index is 0.647. The van der Waals surface area contributed by atoms with Gasteiger partial charge in [0.2, 0.25) is 5.95 Å². The zero-order valence-electron chi connectivity index (χ0n) is 21.4. The molecule has 5 heterocycles. The van der Waals surface area contributed by atoms with Gasteiger partial charge in [-0.05, 0) is 25.5 Å². The van der Waals surface area contributed by atoms with Crippen LogP contribution in [0.3, 0.4) is 0 Å². The highest BCUT2D eigenvalue weighted by Gasteiger charge is 2.26. The standard InChI is InChI=1S/C28H31N9/c1-20-4-7-23(8-5-20)28(2,29)24-15-30-27(31-16-24)36-12-10-35(11-13-36)26-17-33-37-19-21(6-9-25(26)37)22-14-32-34(3)18-22/h4-9,14-19H,10-13,29H2,1-3H3. The van der Waals surface area contributed by atoms with Crippen molar-refractivity contribution in [2.75, 3.05) is 36.0 Å². The van der Waals surface area contributed by atoms with E-state index in [4.69, 9.17) is 5.73 Å². The number of benzene rings is 1. The first-order valence-corrected chi connectivity index (χ1v) is 12.5. The van der Waals surface area contributed by atoms with E-state index < -0.39 is 5.54 Å². The molecule has 188 valence electrons. The maximum absolute atomic E-state index is 6.69. The quantitative estimate of drug-likeness (QED) is 0.401. The summed E-state index contributed by atoms with van der Waals surface area (Å²) in [6.45, 7) is 7.49. The van der Waals surface area contributed by atoms with Crippen molar-refractivity contribution in [1.29, 1.82) is 0 Å². The average molecular weight is 494 g/mol. The monoisotopic (exact) mass is 493 g/mol. The first-order valence-electron chi connectivity index (χ1n) is 12.5. The summed E-state index contributed by atoms with van der Waals surface area (Å²) in [5.41, 5.74) is 13.6. The van der Waals surface area contributed by atoms with Crippen LogP contribution < -0.4 is 15.5 Å². The molecule has 1 fully saturated rings. The summed E-state index contributed by atoms with van der Waals surface area (Å²) in [5, 5.41) is 8.90. The van der Waals surface area contributed by atoms with Crippen molar-refractivity contribution in [3.8, 4) is 11.1 Å². The van der Waals surface area contributed by atoms with Crippen molar-refractivity contribution in [3.05, 3.63) is 90.3 Å². The number of rotatable bonds is 5. The number of pyridine rings is 1. The van der Waals surface area contributed by atoms with E-state index in [2.05, 4.69) is 79.5 Å². The number of nitrogens with zero attached hydrogens (tertiary/aromatic N) is 8. The molecule has 1 saturated heterocycles. The lowest BCUT2D eigenvalue weighted by atomic mass is 9.87. The SMILES string of the molecule is Cc1ccc(C(C)(N)c2cnc(N3CCN(c4cnn5cc(-c6cnn(C)c6)ccc45)CC3)nc2)cc1. The summed E-state index contributed by atoms with van der Waals surface area (Å²) >= 11 is 0. The normalized spacial score (nSPS) is 15.8. The highest BCUT2D eigenvalue weighted by Crippen LogP contribution is 2.28. The van der Waals surface area contributed by atoms with Crippen LogP contribution in [0.5, 0.6) is 0 Å². The van der Waals surface area contributed by atoms with Gasteiger partial charge in [0.25, 0.3) is 0 Å². The van der Waals surface area contributed by atoms with Crippen molar-refractivity contribution in [1.82, 2.24) is 29.4 Å². The molecular formula is C28H31N9. The minimum Gasteiger partial charge on any atom is -0.365 e. The minimum atomic E-state index is -0.647. The summed E-state index contributed by atoms with van der Waals surface area (Å²) in [6.07, 6.45) is 11.6. The van der Waals surface area contributed by atoms with Gasteiger partial charge < -0.3 is 15.5 Å². The number of nitrogens with two attached hydrogens (primary N) is 1. The third kappa shape index (κ3) is 4.31. The van der Waals surface area contributed by atoms with Gasteiger partial charge in [-0.3, -0.25) is 4.68 Å². The lowest BCUT2D eigenvalue weighted by molar-refractivity contribution is 0.592. The fourth-order valence-electron chi connectivity index (χ4n) is 4.92. The third-order valence-corrected chi connectivity index (χ3v) is 7.33. The van der Waals surface area contributed by atoms with Gasteiger partial charge in [0.1, 0.15) is 0 Å². The molecule has 1 aliphatic heterocycles. The van der Waals surface area contributed by atoms with Gasteiger partial charge in [0.15, 0.2) is 0 Å². The fourth-order valence-corrected chi connectivity index (χ4v) is 4.92. The Kier molecular flexibility index (Phi) is 5.64. The van der Waals surface area contributed by atoms with Crippen LogP contribution in [0.4, 0.5) is 11.6 Å². The van der Waals surface area contributed by atoms with Crippen LogP contribution in [-0.4, -0.2) is 55.5 Å². The van der Waals surface area contributed by atoms with Gasteiger partial charge >= 0.3 is 0 Å². The van der Waals surface area contributed by atoms with Gasteiger partial charge in [-0.25, -0.2) is 14.5 Å². The van der Waals surface area contributed by atoms with E-state index in [1.165, 1.54) is 5.56 Å². The van der Waals surface area contributed by atoms with E-state index in [0.717, 1.165) is 65.6 Å². The van der Waals surface area contributed by atoms with E-state index >= 15 is 0 Å². The first-order chi connectivity index (χ1) is 17.9. The molecule has 9 heteroatoms. The van der Waals surface area contributed by atoms with Crippen LogP contribution in [0.15, 0.2) is 73.6 Å². The first kappa shape index (κ1) is 23.2. The average Bonchev–Trinajstić information content (AvgIpc) is 3.55. The number of aromatic nitrogens is 6. The zero-order chi connectivity index (χ0) is 25.6. The van der Waals surface area contributed by atoms with Crippen molar-refractivity contribution < 1.29 is 0 Å².